The summed E-state index contributed by atoms with van der Waals surface area (Å²) >= 11 is 1.33. The lowest BCUT2D eigenvalue weighted by Crippen LogP contribution is -2.15. The van der Waals surface area contributed by atoms with Crippen LogP contribution in [0.1, 0.15) is 32.0 Å². The normalized spacial score (nSPS) is 10.7. The molecule has 4 rings (SSSR count). The van der Waals surface area contributed by atoms with E-state index >= 15 is 0 Å². The molecule has 0 bridgehead atoms. The molecule has 0 fully saturated rings. The van der Waals surface area contributed by atoms with Gasteiger partial charge in [-0.05, 0) is 42.8 Å². The Morgan fingerprint density at radius 1 is 1.13 bits per heavy atom. The van der Waals surface area contributed by atoms with E-state index in [1.54, 1.807) is 48.0 Å². The lowest BCUT2D eigenvalue weighted by Gasteiger charge is -2.08. The predicted octanol–water partition coefficient (Wildman–Crippen LogP) is 3.67. The summed E-state index contributed by atoms with van der Waals surface area (Å²) < 4.78 is 6.70. The van der Waals surface area contributed by atoms with Gasteiger partial charge >= 0.3 is 5.97 Å². The van der Waals surface area contributed by atoms with Gasteiger partial charge in [0.15, 0.2) is 4.96 Å². The summed E-state index contributed by atoms with van der Waals surface area (Å²) in [5.41, 5.74) is 2.53. The molecule has 2 aromatic carbocycles. The van der Waals surface area contributed by atoms with E-state index in [-0.39, 0.29) is 18.1 Å². The molecule has 7 nitrogen and oxygen atoms in total. The molecule has 0 spiro atoms. The zero-order valence-corrected chi connectivity index (χ0v) is 16.8. The van der Waals surface area contributed by atoms with E-state index in [0.29, 0.717) is 27.5 Å². The van der Waals surface area contributed by atoms with E-state index in [4.69, 9.17) is 4.74 Å². The summed E-state index contributed by atoms with van der Waals surface area (Å²) in [5.74, 6) is -0.760. The minimum atomic E-state index is -0.542. The second-order valence-electron chi connectivity index (χ2n) is 6.56. The number of hydrogen-bond donors (Lipinski definition) is 1. The molecular formula is C22H17N3O4S. The van der Waals surface area contributed by atoms with Crippen LogP contribution in [0.5, 0.6) is 0 Å². The molecule has 0 saturated heterocycles. The molecule has 0 aliphatic rings. The maximum atomic E-state index is 12.4. The first-order valence-corrected chi connectivity index (χ1v) is 9.99. The number of benzene rings is 2. The van der Waals surface area contributed by atoms with Gasteiger partial charge in [0.1, 0.15) is 6.61 Å². The third kappa shape index (κ3) is 4.13. The fourth-order valence-electron chi connectivity index (χ4n) is 2.90. The van der Waals surface area contributed by atoms with Gasteiger partial charge in [0.05, 0.1) is 11.3 Å². The molecule has 1 amide bonds. The number of nitrogens with one attached hydrogen (secondary N) is 1. The van der Waals surface area contributed by atoms with Gasteiger partial charge in [0.25, 0.3) is 11.5 Å². The Balaban J connectivity index is 1.39. The number of nitrogens with zero attached hydrogens (tertiary/aromatic N) is 2. The molecule has 1 N–H and O–H groups in total. The van der Waals surface area contributed by atoms with Crippen molar-refractivity contribution in [1.82, 2.24) is 9.38 Å². The summed E-state index contributed by atoms with van der Waals surface area (Å²) in [5, 5.41) is 4.57. The minimum absolute atomic E-state index is 0.103. The molecule has 4 aromatic rings. The number of rotatable bonds is 5. The summed E-state index contributed by atoms with van der Waals surface area (Å²) in [7, 11) is 0. The number of carbonyl (C=O) groups is 2. The maximum Gasteiger partial charge on any atom is 0.338 e. The van der Waals surface area contributed by atoms with E-state index in [9.17, 15) is 14.4 Å². The Bertz CT molecular complexity index is 1290. The summed E-state index contributed by atoms with van der Waals surface area (Å²) in [6.07, 6.45) is 1.64. The number of hydrogen-bond acceptors (Lipinski definition) is 6. The van der Waals surface area contributed by atoms with Crippen LogP contribution in [0.4, 0.5) is 5.69 Å². The van der Waals surface area contributed by atoms with Crippen LogP contribution in [0.2, 0.25) is 0 Å². The second-order valence-corrected chi connectivity index (χ2v) is 7.44. The van der Waals surface area contributed by atoms with Crippen LogP contribution in [0.15, 0.2) is 71.0 Å². The molecule has 0 saturated carbocycles. The molecule has 2 heterocycles. The summed E-state index contributed by atoms with van der Waals surface area (Å²) in [6.45, 7) is 1.77. The van der Waals surface area contributed by atoms with Crippen LogP contribution in [0, 0.1) is 6.92 Å². The van der Waals surface area contributed by atoms with Crippen molar-refractivity contribution in [3.63, 3.8) is 0 Å². The van der Waals surface area contributed by atoms with Crippen LogP contribution in [-0.2, 0) is 11.3 Å². The number of thiazole rings is 1. The molecule has 8 heteroatoms. The van der Waals surface area contributed by atoms with Gasteiger partial charge in [-0.25, -0.2) is 9.78 Å². The first-order valence-electron chi connectivity index (χ1n) is 9.11. The smallest absolute Gasteiger partial charge is 0.338 e. The van der Waals surface area contributed by atoms with Gasteiger partial charge in [0.2, 0.25) is 0 Å². The fourth-order valence-corrected chi connectivity index (χ4v) is 3.64. The highest BCUT2D eigenvalue weighted by Crippen LogP contribution is 2.15. The van der Waals surface area contributed by atoms with E-state index in [1.807, 2.05) is 19.1 Å². The van der Waals surface area contributed by atoms with Gasteiger partial charge in [-0.2, -0.15) is 0 Å². The highest BCUT2D eigenvalue weighted by atomic mass is 32.1. The van der Waals surface area contributed by atoms with E-state index in [1.165, 1.54) is 21.8 Å². The number of esters is 1. The quantitative estimate of drug-likeness (QED) is 0.499. The number of aryl methyl sites for hydroxylation is 1. The van der Waals surface area contributed by atoms with Crippen molar-refractivity contribution in [2.24, 2.45) is 0 Å². The fraction of sp³-hybridized carbons (Fsp3) is 0.0909. The Morgan fingerprint density at radius 2 is 1.90 bits per heavy atom. The Labute approximate surface area is 175 Å². The maximum absolute atomic E-state index is 12.4. The van der Waals surface area contributed by atoms with Crippen LogP contribution in [0.3, 0.4) is 0 Å². The molecule has 2 aromatic heterocycles. The lowest BCUT2D eigenvalue weighted by molar-refractivity contribution is 0.0467. The van der Waals surface area contributed by atoms with Crippen molar-refractivity contribution in [1.29, 1.82) is 0 Å². The van der Waals surface area contributed by atoms with Crippen molar-refractivity contribution in [2.75, 3.05) is 5.32 Å². The van der Waals surface area contributed by atoms with E-state index < -0.39 is 5.97 Å². The third-order valence-electron chi connectivity index (χ3n) is 4.48. The van der Waals surface area contributed by atoms with Crippen LogP contribution >= 0.6 is 11.3 Å². The molecular weight excluding hydrogens is 402 g/mol. The van der Waals surface area contributed by atoms with Gasteiger partial charge in [-0.15, -0.1) is 11.3 Å². The predicted molar refractivity (Wildman–Crippen MR) is 114 cm³/mol. The Kier molecular flexibility index (Phi) is 5.40. The highest BCUT2D eigenvalue weighted by Gasteiger charge is 2.12. The number of fused-ring (bicyclic) bond motifs is 1. The van der Waals surface area contributed by atoms with E-state index in [2.05, 4.69) is 10.3 Å². The third-order valence-corrected chi connectivity index (χ3v) is 5.23. The summed E-state index contributed by atoms with van der Waals surface area (Å²) in [6, 6.07) is 15.1. The molecule has 30 heavy (non-hydrogen) atoms. The van der Waals surface area contributed by atoms with Crippen molar-refractivity contribution < 1.29 is 14.3 Å². The average molecular weight is 419 g/mol. The van der Waals surface area contributed by atoms with Gasteiger partial charge in [-0.1, -0.05) is 18.2 Å². The Morgan fingerprint density at radius 3 is 2.67 bits per heavy atom. The molecule has 0 aliphatic heterocycles. The Hall–Kier alpha value is -3.78. The van der Waals surface area contributed by atoms with Gasteiger partial charge in [0, 0.05) is 28.9 Å². The van der Waals surface area contributed by atoms with Crippen molar-refractivity contribution in [2.45, 2.75) is 13.5 Å². The SMILES string of the molecule is Cc1ccccc1C(=O)Nc1ccc(C(=O)OCc2cc(=O)n3ccsc3n2)cc1. The van der Waals surface area contributed by atoms with Crippen LogP contribution in [-0.4, -0.2) is 21.3 Å². The topological polar surface area (TPSA) is 89.8 Å². The first-order chi connectivity index (χ1) is 14.5. The number of anilines is 1. The van der Waals surface area contributed by atoms with Crippen LogP contribution < -0.4 is 10.9 Å². The van der Waals surface area contributed by atoms with Crippen LogP contribution in [0.25, 0.3) is 4.96 Å². The first kappa shape index (κ1) is 19.5. The minimum Gasteiger partial charge on any atom is -0.456 e. The number of carbonyl (C=O) groups excluding carboxylic acids is 2. The number of amides is 1. The largest absolute Gasteiger partial charge is 0.456 e. The van der Waals surface area contributed by atoms with Gasteiger partial charge in [-0.3, -0.25) is 14.0 Å². The molecule has 150 valence electrons. The molecule has 0 radical (unpaired) electrons. The van der Waals surface area contributed by atoms with Gasteiger partial charge < -0.3 is 10.1 Å². The zero-order valence-electron chi connectivity index (χ0n) is 16.0. The second kappa shape index (κ2) is 8.30. The van der Waals surface area contributed by atoms with Crippen molar-refractivity contribution in [3.05, 3.63) is 98.9 Å². The average Bonchev–Trinajstić information content (AvgIpc) is 3.22. The highest BCUT2D eigenvalue weighted by molar-refractivity contribution is 7.15. The lowest BCUT2D eigenvalue weighted by atomic mass is 10.1. The molecule has 0 unspecified atom stereocenters. The molecule has 0 atom stereocenters. The standard InChI is InChI=1S/C22H17N3O4S/c1-14-4-2-3-5-18(14)20(27)23-16-8-6-15(7-9-16)21(28)29-13-17-12-19(26)25-10-11-30-22(25)24-17/h2-12H,13H2,1H3,(H,23,27). The van der Waals surface area contributed by atoms with Crippen molar-refractivity contribution >= 4 is 33.9 Å². The molecule has 0 aliphatic carbocycles. The number of aromatic nitrogens is 2. The van der Waals surface area contributed by atoms with E-state index in [0.717, 1.165) is 5.56 Å². The number of ether oxygens (including phenoxy) is 1. The zero-order chi connectivity index (χ0) is 21.1. The summed E-state index contributed by atoms with van der Waals surface area (Å²) in [4.78, 5) is 41.5. The monoisotopic (exact) mass is 419 g/mol. The van der Waals surface area contributed by atoms with Crippen molar-refractivity contribution in [3.8, 4) is 0 Å².